The molecule has 0 aliphatic heterocycles. The van der Waals surface area contributed by atoms with Gasteiger partial charge < -0.3 is 10.1 Å². The van der Waals surface area contributed by atoms with Gasteiger partial charge in [-0.15, -0.1) is 0 Å². The molecular weight excluding hydrogens is 442 g/mol. The Kier molecular flexibility index (Phi) is 8.15. The second-order valence-corrected chi connectivity index (χ2v) is 7.54. The number of hydrogen-bond donors (Lipinski definition) is 1. The number of amides is 1. The summed E-state index contributed by atoms with van der Waals surface area (Å²) in [4.78, 5) is 24.2. The molecule has 0 fully saturated rings. The van der Waals surface area contributed by atoms with E-state index in [2.05, 4.69) is 10.1 Å². The Labute approximate surface area is 182 Å². The second kappa shape index (κ2) is 10.2. The van der Waals surface area contributed by atoms with Crippen molar-refractivity contribution in [3.63, 3.8) is 0 Å². The summed E-state index contributed by atoms with van der Waals surface area (Å²) in [5.74, 6) is -2.72. The van der Waals surface area contributed by atoms with Crippen molar-refractivity contribution in [3.8, 4) is 0 Å². The fraction of sp³-hybridized carbons (Fsp3) is 0.333. The molecule has 0 unspecified atom stereocenters. The lowest BCUT2D eigenvalue weighted by molar-refractivity contribution is -0.146. The largest absolute Gasteiger partial charge is 0.469 e. The summed E-state index contributed by atoms with van der Waals surface area (Å²) in [6, 6.07) is 8.86. The number of esters is 1. The van der Waals surface area contributed by atoms with Crippen molar-refractivity contribution in [2.45, 2.75) is 38.3 Å². The molecule has 0 saturated heterocycles. The monoisotopic (exact) mass is 461 g/mol. The standard InChI is InChI=1S/C21H20Cl2F3NO3/c1-12-13(6-10-18(28)30-2)5-9-17(23)19(12)27-20(29)16(11-21(24,25)26)14-3-7-15(22)8-4-14/h3-5,7-9,16H,6,10-11H2,1-2H3,(H,27,29)/t16-/m0/s1. The molecule has 0 aliphatic rings. The molecular formula is C21H20Cl2F3NO3. The van der Waals surface area contributed by atoms with Gasteiger partial charge >= 0.3 is 12.1 Å². The van der Waals surface area contributed by atoms with Crippen molar-refractivity contribution in [1.82, 2.24) is 0 Å². The Hall–Kier alpha value is -2.25. The van der Waals surface area contributed by atoms with Gasteiger partial charge in [0.1, 0.15) is 0 Å². The fourth-order valence-electron chi connectivity index (χ4n) is 2.98. The highest BCUT2D eigenvalue weighted by Crippen LogP contribution is 2.35. The first-order valence-corrected chi connectivity index (χ1v) is 9.75. The Morgan fingerprint density at radius 2 is 1.73 bits per heavy atom. The van der Waals surface area contributed by atoms with E-state index in [9.17, 15) is 22.8 Å². The summed E-state index contributed by atoms with van der Waals surface area (Å²) in [6.07, 6.45) is -5.43. The normalized spacial score (nSPS) is 12.4. The van der Waals surface area contributed by atoms with Crippen LogP contribution in [0.1, 0.15) is 35.4 Å². The number of methoxy groups -OCH3 is 1. The smallest absolute Gasteiger partial charge is 0.390 e. The lowest BCUT2D eigenvalue weighted by Gasteiger charge is -2.21. The lowest BCUT2D eigenvalue weighted by Crippen LogP contribution is -2.26. The first-order valence-electron chi connectivity index (χ1n) is 8.99. The summed E-state index contributed by atoms with van der Waals surface area (Å²) in [5, 5.41) is 3.07. The van der Waals surface area contributed by atoms with Crippen LogP contribution in [0.25, 0.3) is 0 Å². The maximum Gasteiger partial charge on any atom is 0.390 e. The molecule has 4 nitrogen and oxygen atoms in total. The molecule has 162 valence electrons. The van der Waals surface area contributed by atoms with Crippen molar-refractivity contribution >= 4 is 40.8 Å². The van der Waals surface area contributed by atoms with Gasteiger partial charge in [0.25, 0.3) is 0 Å². The number of nitrogens with one attached hydrogen (secondary N) is 1. The minimum atomic E-state index is -4.55. The van der Waals surface area contributed by atoms with E-state index in [0.717, 1.165) is 5.56 Å². The van der Waals surface area contributed by atoms with Gasteiger partial charge in [0.05, 0.1) is 30.2 Å². The zero-order valence-corrected chi connectivity index (χ0v) is 17.8. The number of hydrogen-bond acceptors (Lipinski definition) is 3. The maximum atomic E-state index is 13.1. The van der Waals surface area contributed by atoms with E-state index in [4.69, 9.17) is 23.2 Å². The van der Waals surface area contributed by atoms with E-state index in [1.165, 1.54) is 37.4 Å². The highest BCUT2D eigenvalue weighted by atomic mass is 35.5. The zero-order valence-electron chi connectivity index (χ0n) is 16.3. The molecule has 30 heavy (non-hydrogen) atoms. The van der Waals surface area contributed by atoms with Crippen LogP contribution in [0.15, 0.2) is 36.4 Å². The summed E-state index contributed by atoms with van der Waals surface area (Å²) in [7, 11) is 1.28. The van der Waals surface area contributed by atoms with Crippen molar-refractivity contribution in [3.05, 3.63) is 63.1 Å². The third-order valence-electron chi connectivity index (χ3n) is 4.63. The van der Waals surface area contributed by atoms with E-state index in [1.54, 1.807) is 13.0 Å². The van der Waals surface area contributed by atoms with Gasteiger partial charge in [-0.25, -0.2) is 0 Å². The first-order chi connectivity index (χ1) is 14.0. The average Bonchev–Trinajstić information content (AvgIpc) is 2.68. The van der Waals surface area contributed by atoms with Gasteiger partial charge in [0.15, 0.2) is 0 Å². The number of alkyl halides is 3. The van der Waals surface area contributed by atoms with Crippen LogP contribution < -0.4 is 5.32 Å². The summed E-state index contributed by atoms with van der Waals surface area (Å²) in [5.41, 5.74) is 1.69. The van der Waals surface area contributed by atoms with E-state index < -0.39 is 30.4 Å². The van der Waals surface area contributed by atoms with Crippen LogP contribution in [0.3, 0.4) is 0 Å². The average molecular weight is 462 g/mol. The summed E-state index contributed by atoms with van der Waals surface area (Å²) < 4.78 is 44.0. The van der Waals surface area contributed by atoms with Crippen molar-refractivity contribution in [1.29, 1.82) is 0 Å². The van der Waals surface area contributed by atoms with Crippen LogP contribution in [0.4, 0.5) is 18.9 Å². The van der Waals surface area contributed by atoms with Gasteiger partial charge in [-0.3, -0.25) is 9.59 Å². The van der Waals surface area contributed by atoms with Crippen molar-refractivity contribution < 1.29 is 27.5 Å². The van der Waals surface area contributed by atoms with Crippen LogP contribution in [0, 0.1) is 6.92 Å². The number of carbonyl (C=O) groups excluding carboxylic acids is 2. The Morgan fingerprint density at radius 3 is 2.30 bits per heavy atom. The molecule has 0 spiro atoms. The maximum absolute atomic E-state index is 13.1. The predicted octanol–water partition coefficient (Wildman–Crippen LogP) is 6.08. The number of carbonyl (C=O) groups is 2. The Morgan fingerprint density at radius 1 is 1.10 bits per heavy atom. The SMILES string of the molecule is COC(=O)CCc1ccc(Cl)c(NC(=O)[C@@H](CC(F)(F)F)c2ccc(Cl)cc2)c1C. The quantitative estimate of drug-likeness (QED) is 0.508. The zero-order chi connectivity index (χ0) is 22.5. The molecule has 1 N–H and O–H groups in total. The van der Waals surface area contributed by atoms with Crippen LogP contribution >= 0.6 is 23.2 Å². The number of anilines is 1. The lowest BCUT2D eigenvalue weighted by atomic mass is 9.94. The third-order valence-corrected chi connectivity index (χ3v) is 5.19. The number of benzene rings is 2. The van der Waals surface area contributed by atoms with E-state index in [-0.39, 0.29) is 22.7 Å². The third kappa shape index (κ3) is 6.64. The van der Waals surface area contributed by atoms with Gasteiger partial charge in [-0.1, -0.05) is 41.4 Å². The molecule has 0 radical (unpaired) electrons. The minimum absolute atomic E-state index is 0.119. The molecule has 1 amide bonds. The number of aryl methyl sites for hydroxylation is 1. The highest BCUT2D eigenvalue weighted by molar-refractivity contribution is 6.34. The predicted molar refractivity (Wildman–Crippen MR) is 110 cm³/mol. The molecule has 9 heteroatoms. The molecule has 0 aliphatic carbocycles. The Balaban J connectivity index is 2.32. The van der Waals surface area contributed by atoms with Crippen LogP contribution in [0.5, 0.6) is 0 Å². The molecule has 0 saturated carbocycles. The van der Waals surface area contributed by atoms with Gasteiger partial charge in [-0.2, -0.15) is 13.2 Å². The minimum Gasteiger partial charge on any atom is -0.469 e. The van der Waals surface area contributed by atoms with E-state index in [1.807, 2.05) is 0 Å². The molecule has 2 aromatic rings. The van der Waals surface area contributed by atoms with Crippen molar-refractivity contribution in [2.75, 3.05) is 12.4 Å². The summed E-state index contributed by atoms with van der Waals surface area (Å²) >= 11 is 12.0. The molecule has 0 aromatic heterocycles. The molecule has 0 heterocycles. The fourth-order valence-corrected chi connectivity index (χ4v) is 3.36. The topological polar surface area (TPSA) is 55.4 Å². The number of halogens is 5. The summed E-state index contributed by atoms with van der Waals surface area (Å²) in [6.45, 7) is 1.68. The highest BCUT2D eigenvalue weighted by Gasteiger charge is 2.36. The van der Waals surface area contributed by atoms with Gasteiger partial charge in [0.2, 0.25) is 5.91 Å². The Bertz CT molecular complexity index is 915. The molecule has 0 bridgehead atoms. The van der Waals surface area contributed by atoms with Crippen LogP contribution in [-0.2, 0) is 20.7 Å². The van der Waals surface area contributed by atoms with Crippen LogP contribution in [0.2, 0.25) is 10.0 Å². The molecule has 2 rings (SSSR count). The van der Waals surface area contributed by atoms with E-state index in [0.29, 0.717) is 17.0 Å². The number of rotatable bonds is 7. The van der Waals surface area contributed by atoms with Crippen LogP contribution in [-0.4, -0.2) is 25.2 Å². The first kappa shape index (κ1) is 24.0. The van der Waals surface area contributed by atoms with Gasteiger partial charge in [0, 0.05) is 11.4 Å². The number of ether oxygens (including phenoxy) is 1. The second-order valence-electron chi connectivity index (χ2n) is 6.70. The molecule has 2 aromatic carbocycles. The van der Waals surface area contributed by atoms with Crippen molar-refractivity contribution in [2.24, 2.45) is 0 Å². The van der Waals surface area contributed by atoms with Gasteiger partial charge in [-0.05, 0) is 48.2 Å². The molecule has 1 atom stereocenters. The van der Waals surface area contributed by atoms with E-state index >= 15 is 0 Å².